The van der Waals surface area contributed by atoms with E-state index in [9.17, 15) is 4.79 Å². The molecule has 25 heavy (non-hydrogen) atoms. The highest BCUT2D eigenvalue weighted by Crippen LogP contribution is 2.29. The van der Waals surface area contributed by atoms with Gasteiger partial charge in [-0.05, 0) is 43.1 Å². The number of thiophene rings is 1. The van der Waals surface area contributed by atoms with Crippen LogP contribution in [0.5, 0.6) is 0 Å². The Bertz CT molecular complexity index is 841. The molecular formula is C19H21N3OS2. The van der Waals surface area contributed by atoms with Crippen molar-refractivity contribution in [2.45, 2.75) is 26.9 Å². The number of carbonyl (C=O) groups excluding carboxylic acids is 1. The van der Waals surface area contributed by atoms with Crippen LogP contribution in [0, 0.1) is 6.92 Å². The number of amides is 1. The van der Waals surface area contributed by atoms with Crippen LogP contribution in [-0.2, 0) is 17.9 Å². The summed E-state index contributed by atoms with van der Waals surface area (Å²) in [7, 11) is 2.10. The molecule has 2 aromatic heterocycles. The van der Waals surface area contributed by atoms with Gasteiger partial charge in [0.15, 0.2) is 5.13 Å². The zero-order valence-corrected chi connectivity index (χ0v) is 16.2. The van der Waals surface area contributed by atoms with Crippen molar-refractivity contribution in [1.29, 1.82) is 0 Å². The van der Waals surface area contributed by atoms with Gasteiger partial charge >= 0.3 is 0 Å². The maximum atomic E-state index is 12.1. The molecule has 0 atom stereocenters. The number of thiazole rings is 1. The first-order valence-corrected chi connectivity index (χ1v) is 9.82. The van der Waals surface area contributed by atoms with Gasteiger partial charge in [-0.2, -0.15) is 0 Å². The molecule has 0 aliphatic rings. The molecule has 6 heteroatoms. The van der Waals surface area contributed by atoms with Crippen molar-refractivity contribution < 1.29 is 4.79 Å². The summed E-state index contributed by atoms with van der Waals surface area (Å²) in [5, 5.41) is 4.88. The van der Waals surface area contributed by atoms with E-state index in [-0.39, 0.29) is 5.91 Å². The number of anilines is 2. The van der Waals surface area contributed by atoms with Crippen LogP contribution in [0.25, 0.3) is 0 Å². The molecule has 3 aromatic rings. The highest BCUT2D eigenvalue weighted by Gasteiger charge is 2.18. The smallest absolute Gasteiger partial charge is 0.230 e. The number of carbonyl (C=O) groups is 1. The molecular weight excluding hydrogens is 350 g/mol. The van der Waals surface area contributed by atoms with Crippen LogP contribution in [0.15, 0.2) is 47.2 Å². The van der Waals surface area contributed by atoms with Gasteiger partial charge in [0.05, 0.1) is 11.4 Å². The fraction of sp³-hybridized carbons (Fsp3) is 0.263. The van der Waals surface area contributed by atoms with E-state index in [1.54, 1.807) is 23.2 Å². The third-order valence-corrected chi connectivity index (χ3v) is 5.76. The number of hydrogen-bond donors (Lipinski definition) is 0. The van der Waals surface area contributed by atoms with E-state index in [0.717, 1.165) is 29.6 Å². The minimum absolute atomic E-state index is 0.0327. The fourth-order valence-corrected chi connectivity index (χ4v) is 4.48. The molecule has 130 valence electrons. The van der Waals surface area contributed by atoms with Crippen LogP contribution < -0.4 is 4.90 Å². The SMILES string of the molecule is CC(=O)N(c1ccccc1)c1nc(CN(C)Cc2sccc2C)cs1. The van der Waals surface area contributed by atoms with E-state index < -0.39 is 0 Å². The molecule has 4 nitrogen and oxygen atoms in total. The van der Waals surface area contributed by atoms with Gasteiger partial charge < -0.3 is 0 Å². The number of nitrogens with zero attached hydrogens (tertiary/aromatic N) is 3. The number of aromatic nitrogens is 1. The molecule has 0 N–H and O–H groups in total. The molecule has 2 heterocycles. The quantitative estimate of drug-likeness (QED) is 0.623. The zero-order valence-electron chi connectivity index (χ0n) is 14.6. The van der Waals surface area contributed by atoms with E-state index in [1.807, 2.05) is 35.7 Å². The van der Waals surface area contributed by atoms with Crippen LogP contribution in [0.1, 0.15) is 23.1 Å². The Balaban J connectivity index is 1.72. The predicted octanol–water partition coefficient (Wildman–Crippen LogP) is 4.83. The lowest BCUT2D eigenvalue weighted by Gasteiger charge is -2.18. The van der Waals surface area contributed by atoms with Crippen molar-refractivity contribution in [2.24, 2.45) is 0 Å². The van der Waals surface area contributed by atoms with E-state index in [2.05, 4.69) is 35.3 Å². The van der Waals surface area contributed by atoms with Gasteiger partial charge in [-0.1, -0.05) is 18.2 Å². The third kappa shape index (κ3) is 4.34. The van der Waals surface area contributed by atoms with E-state index in [0.29, 0.717) is 0 Å². The average molecular weight is 372 g/mol. The number of aryl methyl sites for hydroxylation is 1. The van der Waals surface area contributed by atoms with Gasteiger partial charge in [0.1, 0.15) is 0 Å². The number of rotatable bonds is 6. The minimum atomic E-state index is -0.0327. The standard InChI is InChI=1S/C19H21N3OS2/c1-14-9-10-24-18(14)12-21(3)11-16-13-25-19(20-16)22(15(2)23)17-7-5-4-6-8-17/h4-10,13H,11-12H2,1-3H3. The van der Waals surface area contributed by atoms with Crippen LogP contribution in [0.2, 0.25) is 0 Å². The molecule has 1 aromatic carbocycles. The summed E-state index contributed by atoms with van der Waals surface area (Å²) in [5.74, 6) is -0.0327. The highest BCUT2D eigenvalue weighted by atomic mass is 32.1. The van der Waals surface area contributed by atoms with Crippen LogP contribution >= 0.6 is 22.7 Å². The first kappa shape index (κ1) is 17.8. The average Bonchev–Trinajstić information content (AvgIpc) is 3.18. The molecule has 0 aliphatic heterocycles. The fourth-order valence-electron chi connectivity index (χ4n) is 2.62. The second kappa shape index (κ2) is 7.91. The van der Waals surface area contributed by atoms with Crippen molar-refractivity contribution >= 4 is 39.4 Å². The van der Waals surface area contributed by atoms with Gasteiger partial charge in [-0.25, -0.2) is 4.98 Å². The molecule has 0 saturated heterocycles. The molecule has 0 fully saturated rings. The van der Waals surface area contributed by atoms with Crippen molar-refractivity contribution in [3.05, 3.63) is 63.3 Å². The van der Waals surface area contributed by atoms with Crippen molar-refractivity contribution in [2.75, 3.05) is 11.9 Å². The Labute approximate surface area is 156 Å². The largest absolute Gasteiger partial charge is 0.295 e. The topological polar surface area (TPSA) is 36.4 Å². The maximum absolute atomic E-state index is 12.1. The zero-order chi connectivity index (χ0) is 17.8. The van der Waals surface area contributed by atoms with E-state index >= 15 is 0 Å². The highest BCUT2D eigenvalue weighted by molar-refractivity contribution is 7.14. The first-order valence-electron chi connectivity index (χ1n) is 8.06. The molecule has 0 radical (unpaired) electrons. The summed E-state index contributed by atoms with van der Waals surface area (Å²) >= 11 is 3.29. The lowest BCUT2D eigenvalue weighted by Crippen LogP contribution is -2.23. The minimum Gasteiger partial charge on any atom is -0.295 e. The second-order valence-corrected chi connectivity index (χ2v) is 7.85. The maximum Gasteiger partial charge on any atom is 0.230 e. The lowest BCUT2D eigenvalue weighted by atomic mass is 10.3. The van der Waals surface area contributed by atoms with Crippen LogP contribution in [0.4, 0.5) is 10.8 Å². The third-order valence-electron chi connectivity index (χ3n) is 3.87. The van der Waals surface area contributed by atoms with Crippen LogP contribution in [-0.4, -0.2) is 22.8 Å². The summed E-state index contributed by atoms with van der Waals surface area (Å²) in [6.45, 7) is 5.38. The summed E-state index contributed by atoms with van der Waals surface area (Å²) in [5.41, 5.74) is 3.17. The normalized spacial score (nSPS) is 11.0. The predicted molar refractivity (Wildman–Crippen MR) is 106 cm³/mol. The first-order chi connectivity index (χ1) is 12.0. The molecule has 0 spiro atoms. The van der Waals surface area contributed by atoms with Crippen molar-refractivity contribution in [1.82, 2.24) is 9.88 Å². The molecule has 1 amide bonds. The Hall–Kier alpha value is -2.02. The van der Waals surface area contributed by atoms with Crippen LogP contribution in [0.3, 0.4) is 0 Å². The Morgan fingerprint density at radius 1 is 1.12 bits per heavy atom. The number of benzene rings is 1. The number of hydrogen-bond acceptors (Lipinski definition) is 5. The lowest BCUT2D eigenvalue weighted by molar-refractivity contribution is -0.115. The van der Waals surface area contributed by atoms with Gasteiger partial charge in [0.2, 0.25) is 5.91 Å². The van der Waals surface area contributed by atoms with Crippen molar-refractivity contribution in [3.8, 4) is 0 Å². The molecule has 0 unspecified atom stereocenters. The monoisotopic (exact) mass is 371 g/mol. The molecule has 0 saturated carbocycles. The molecule has 3 rings (SSSR count). The summed E-state index contributed by atoms with van der Waals surface area (Å²) in [6.07, 6.45) is 0. The second-order valence-electron chi connectivity index (χ2n) is 6.01. The summed E-state index contributed by atoms with van der Waals surface area (Å²) < 4.78 is 0. The van der Waals surface area contributed by atoms with Gasteiger partial charge in [0.25, 0.3) is 0 Å². The van der Waals surface area contributed by atoms with Gasteiger partial charge in [0, 0.05) is 30.3 Å². The Kier molecular flexibility index (Phi) is 5.63. The van der Waals surface area contributed by atoms with Crippen molar-refractivity contribution in [3.63, 3.8) is 0 Å². The summed E-state index contributed by atoms with van der Waals surface area (Å²) in [4.78, 5) is 22.1. The summed E-state index contributed by atoms with van der Waals surface area (Å²) in [6, 6.07) is 11.8. The molecule has 0 aliphatic carbocycles. The van der Waals surface area contributed by atoms with Gasteiger partial charge in [-0.15, -0.1) is 22.7 Å². The van der Waals surface area contributed by atoms with E-state index in [4.69, 9.17) is 0 Å². The number of para-hydroxylation sites is 1. The Morgan fingerprint density at radius 3 is 2.52 bits per heavy atom. The van der Waals surface area contributed by atoms with E-state index in [1.165, 1.54) is 21.8 Å². The van der Waals surface area contributed by atoms with Gasteiger partial charge in [-0.3, -0.25) is 14.6 Å². The Morgan fingerprint density at radius 2 is 1.88 bits per heavy atom. The molecule has 0 bridgehead atoms.